The summed E-state index contributed by atoms with van der Waals surface area (Å²) < 4.78 is 0. The van der Waals surface area contributed by atoms with Crippen LogP contribution < -0.4 is 4.90 Å². The van der Waals surface area contributed by atoms with Gasteiger partial charge in [0.05, 0.1) is 28.9 Å². The summed E-state index contributed by atoms with van der Waals surface area (Å²) in [6.07, 6.45) is 0. The molecule has 0 N–H and O–H groups in total. The van der Waals surface area contributed by atoms with Gasteiger partial charge in [0.1, 0.15) is 6.07 Å². The Morgan fingerprint density at radius 2 is 1.56 bits per heavy atom. The molecule has 0 saturated carbocycles. The molecule has 1 fully saturated rings. The van der Waals surface area contributed by atoms with Crippen molar-refractivity contribution < 1.29 is 0 Å². The molecule has 32 heavy (non-hydrogen) atoms. The van der Waals surface area contributed by atoms with E-state index in [1.54, 1.807) is 6.07 Å². The zero-order chi connectivity index (χ0) is 22.7. The van der Waals surface area contributed by atoms with Gasteiger partial charge in [-0.25, -0.2) is 0 Å². The van der Waals surface area contributed by atoms with Crippen LogP contribution >= 0.6 is 23.2 Å². The highest BCUT2D eigenvalue weighted by molar-refractivity contribution is 6.31. The summed E-state index contributed by atoms with van der Waals surface area (Å²) in [6.45, 7) is 4.60. The smallest absolute Gasteiger partial charge is 0.101 e. The first-order valence-electron chi connectivity index (χ1n) is 10.5. The van der Waals surface area contributed by atoms with Crippen molar-refractivity contribution in [2.24, 2.45) is 0 Å². The summed E-state index contributed by atoms with van der Waals surface area (Å²) in [4.78, 5) is 4.74. The van der Waals surface area contributed by atoms with Gasteiger partial charge in [0, 0.05) is 35.7 Å². The zero-order valence-electron chi connectivity index (χ0n) is 17.7. The second-order valence-electron chi connectivity index (χ2n) is 7.94. The molecule has 3 aromatic carbocycles. The quantitative estimate of drug-likeness (QED) is 0.454. The molecule has 1 saturated heterocycles. The van der Waals surface area contributed by atoms with Crippen LogP contribution in [-0.2, 0) is 0 Å². The summed E-state index contributed by atoms with van der Waals surface area (Å²) in [7, 11) is 0. The molecule has 0 radical (unpaired) electrons. The van der Waals surface area contributed by atoms with Crippen molar-refractivity contribution in [3.05, 3.63) is 99.0 Å². The number of anilines is 1. The van der Waals surface area contributed by atoms with E-state index in [0.29, 0.717) is 21.2 Å². The molecule has 1 heterocycles. The molecule has 160 valence electrons. The first-order valence-corrected chi connectivity index (χ1v) is 11.2. The number of nitriles is 2. The first kappa shape index (κ1) is 22.2. The van der Waals surface area contributed by atoms with Gasteiger partial charge < -0.3 is 4.90 Å². The van der Waals surface area contributed by atoms with Gasteiger partial charge in [-0.2, -0.15) is 10.5 Å². The second kappa shape index (κ2) is 9.63. The van der Waals surface area contributed by atoms with Crippen LogP contribution in [0.25, 0.3) is 0 Å². The number of rotatable bonds is 4. The molecule has 0 aliphatic carbocycles. The van der Waals surface area contributed by atoms with E-state index in [4.69, 9.17) is 28.5 Å². The summed E-state index contributed by atoms with van der Waals surface area (Å²) in [5.74, 6) is 0. The van der Waals surface area contributed by atoms with Crippen molar-refractivity contribution in [1.29, 1.82) is 10.5 Å². The van der Waals surface area contributed by atoms with Gasteiger partial charge in [-0.05, 0) is 60.5 Å². The van der Waals surface area contributed by atoms with Crippen LogP contribution in [0.4, 0.5) is 5.69 Å². The minimum atomic E-state index is 0.0510. The van der Waals surface area contributed by atoms with Gasteiger partial charge in [-0.3, -0.25) is 4.90 Å². The summed E-state index contributed by atoms with van der Waals surface area (Å²) in [5, 5.41) is 20.1. The van der Waals surface area contributed by atoms with Crippen LogP contribution in [0.2, 0.25) is 10.0 Å². The Morgan fingerprint density at radius 1 is 0.875 bits per heavy atom. The molecular weight excluding hydrogens is 439 g/mol. The largest absolute Gasteiger partial charge is 0.361 e. The zero-order valence-corrected chi connectivity index (χ0v) is 19.2. The normalized spacial score (nSPS) is 17.4. The van der Waals surface area contributed by atoms with E-state index in [1.165, 1.54) is 5.56 Å². The lowest BCUT2D eigenvalue weighted by Crippen LogP contribution is -2.49. The van der Waals surface area contributed by atoms with Crippen LogP contribution in [0.1, 0.15) is 41.3 Å². The van der Waals surface area contributed by atoms with E-state index in [9.17, 15) is 5.26 Å². The van der Waals surface area contributed by atoms with E-state index >= 15 is 0 Å². The molecule has 2 unspecified atom stereocenters. The molecule has 3 aromatic rings. The van der Waals surface area contributed by atoms with E-state index in [0.717, 1.165) is 30.9 Å². The maximum Gasteiger partial charge on any atom is 0.101 e. The molecule has 1 aliphatic heterocycles. The van der Waals surface area contributed by atoms with Gasteiger partial charge >= 0.3 is 0 Å². The summed E-state index contributed by atoms with van der Waals surface area (Å²) >= 11 is 12.3. The Morgan fingerprint density at radius 3 is 2.22 bits per heavy atom. The van der Waals surface area contributed by atoms with Crippen molar-refractivity contribution in [2.75, 3.05) is 24.5 Å². The van der Waals surface area contributed by atoms with Gasteiger partial charge in [0.25, 0.3) is 0 Å². The molecule has 1 aliphatic rings. The third-order valence-corrected chi connectivity index (χ3v) is 6.61. The van der Waals surface area contributed by atoms with Gasteiger partial charge in [-0.1, -0.05) is 47.5 Å². The SMILES string of the molecule is CC(c1ccc(C#N)cc1)N1CCN(c2ccc(Cl)cc2C#N)C(c2ccc(Cl)cc2)C1. The van der Waals surface area contributed by atoms with E-state index < -0.39 is 0 Å². The number of benzene rings is 3. The van der Waals surface area contributed by atoms with Gasteiger partial charge in [-0.15, -0.1) is 0 Å². The van der Waals surface area contributed by atoms with E-state index in [1.807, 2.05) is 48.5 Å². The fourth-order valence-corrected chi connectivity index (χ4v) is 4.61. The van der Waals surface area contributed by atoms with Gasteiger partial charge in [0.15, 0.2) is 0 Å². The van der Waals surface area contributed by atoms with Crippen molar-refractivity contribution in [3.8, 4) is 12.1 Å². The third-order valence-electron chi connectivity index (χ3n) is 6.12. The van der Waals surface area contributed by atoms with Crippen LogP contribution in [0.5, 0.6) is 0 Å². The number of nitrogens with zero attached hydrogens (tertiary/aromatic N) is 4. The van der Waals surface area contributed by atoms with Crippen LogP contribution in [-0.4, -0.2) is 24.5 Å². The van der Waals surface area contributed by atoms with E-state index in [-0.39, 0.29) is 12.1 Å². The maximum absolute atomic E-state index is 9.71. The number of hydrogen-bond acceptors (Lipinski definition) is 4. The Bertz CT molecular complexity index is 1180. The fraction of sp³-hybridized carbons (Fsp3) is 0.231. The maximum atomic E-state index is 9.71. The average Bonchev–Trinajstić information content (AvgIpc) is 2.84. The summed E-state index contributed by atoms with van der Waals surface area (Å²) in [5.41, 5.74) is 4.45. The highest BCUT2D eigenvalue weighted by atomic mass is 35.5. The molecule has 4 rings (SSSR count). The lowest BCUT2D eigenvalue weighted by atomic mass is 9.97. The third kappa shape index (κ3) is 4.59. The highest BCUT2D eigenvalue weighted by Gasteiger charge is 2.32. The first-order chi connectivity index (χ1) is 15.5. The topological polar surface area (TPSA) is 54.1 Å². The standard InChI is InChI=1S/C26H22Cl2N4/c1-18(20-4-2-19(15-29)3-5-20)31-12-13-32(25-11-10-24(28)14-22(25)16-30)26(17-31)21-6-8-23(27)9-7-21/h2-11,14,18,26H,12-13,17H2,1H3. The number of halogens is 2. The summed E-state index contributed by atoms with van der Waals surface area (Å²) in [6, 6.07) is 25.9. The second-order valence-corrected chi connectivity index (χ2v) is 8.81. The molecule has 0 amide bonds. The van der Waals surface area contributed by atoms with Crippen molar-refractivity contribution in [3.63, 3.8) is 0 Å². The Balaban J connectivity index is 1.67. The molecule has 2 atom stereocenters. The monoisotopic (exact) mass is 460 g/mol. The molecular formula is C26H22Cl2N4. The number of piperazine rings is 1. The lowest BCUT2D eigenvalue weighted by Gasteiger charge is -2.45. The van der Waals surface area contributed by atoms with Crippen molar-refractivity contribution in [1.82, 2.24) is 4.90 Å². The van der Waals surface area contributed by atoms with E-state index in [2.05, 4.69) is 41.0 Å². The molecule has 6 heteroatoms. The minimum Gasteiger partial charge on any atom is -0.361 e. The van der Waals surface area contributed by atoms with Gasteiger partial charge in [0.2, 0.25) is 0 Å². The molecule has 0 aromatic heterocycles. The number of hydrogen-bond donors (Lipinski definition) is 0. The average molecular weight is 461 g/mol. The van der Waals surface area contributed by atoms with Crippen molar-refractivity contribution in [2.45, 2.75) is 19.0 Å². The Labute approximate surface area is 198 Å². The Kier molecular flexibility index (Phi) is 6.68. The fourth-order valence-electron chi connectivity index (χ4n) is 4.31. The molecule has 4 nitrogen and oxygen atoms in total. The molecule has 0 bridgehead atoms. The predicted molar refractivity (Wildman–Crippen MR) is 129 cm³/mol. The molecule has 0 spiro atoms. The minimum absolute atomic E-state index is 0.0510. The van der Waals surface area contributed by atoms with Crippen LogP contribution in [0, 0.1) is 22.7 Å². The van der Waals surface area contributed by atoms with Crippen LogP contribution in [0.3, 0.4) is 0 Å². The predicted octanol–water partition coefficient (Wildman–Crippen LogP) is 6.36. The highest BCUT2D eigenvalue weighted by Crippen LogP contribution is 2.36. The Hall–Kier alpha value is -3.02. The van der Waals surface area contributed by atoms with Crippen LogP contribution in [0.15, 0.2) is 66.7 Å². The lowest BCUT2D eigenvalue weighted by molar-refractivity contribution is 0.171. The van der Waals surface area contributed by atoms with Crippen molar-refractivity contribution >= 4 is 28.9 Å².